The quantitative estimate of drug-likeness (QED) is 0.502. The number of hydrogen-bond acceptors (Lipinski definition) is 8. The lowest BCUT2D eigenvalue weighted by molar-refractivity contribution is -0.215. The highest BCUT2D eigenvalue weighted by Gasteiger charge is 2.47. The van der Waals surface area contributed by atoms with Crippen LogP contribution in [0.15, 0.2) is 24.3 Å². The van der Waals surface area contributed by atoms with Crippen LogP contribution in [0.3, 0.4) is 0 Å². The van der Waals surface area contributed by atoms with Crippen LogP contribution in [-0.4, -0.2) is 51.7 Å². The van der Waals surface area contributed by atoms with Crippen molar-refractivity contribution in [3.05, 3.63) is 57.6 Å². The van der Waals surface area contributed by atoms with E-state index in [1.54, 1.807) is 19.1 Å². The summed E-state index contributed by atoms with van der Waals surface area (Å²) in [4.78, 5) is 39.2. The van der Waals surface area contributed by atoms with E-state index in [0.29, 0.717) is 12.8 Å². The summed E-state index contributed by atoms with van der Waals surface area (Å²) in [7, 11) is 0. The van der Waals surface area contributed by atoms with Gasteiger partial charge in [0, 0.05) is 34.1 Å². The van der Waals surface area contributed by atoms with Crippen LogP contribution < -0.4 is 0 Å². The molecule has 2 aliphatic carbocycles. The van der Waals surface area contributed by atoms with Gasteiger partial charge in [-0.1, -0.05) is 31.2 Å². The lowest BCUT2D eigenvalue weighted by Gasteiger charge is -2.41. The molecule has 4 atom stereocenters. The monoisotopic (exact) mass is 466 g/mol. The molecule has 8 nitrogen and oxygen atoms in total. The van der Waals surface area contributed by atoms with Crippen LogP contribution in [0.2, 0.25) is 0 Å². The Balaban J connectivity index is 1.68. The van der Waals surface area contributed by atoms with Gasteiger partial charge in [-0.3, -0.25) is 14.4 Å². The minimum Gasteiger partial charge on any atom is -0.507 e. The molecule has 2 aromatic carbocycles. The zero-order chi connectivity index (χ0) is 24.4. The third-order valence-electron chi connectivity index (χ3n) is 7.36. The first kappa shape index (κ1) is 22.7. The molecule has 0 amide bonds. The lowest BCUT2D eigenvalue weighted by atomic mass is 9.67. The average Bonchev–Trinajstić information content (AvgIpc) is 2.81. The fraction of sp³-hybridized carbons (Fsp3) is 0.423. The van der Waals surface area contributed by atoms with E-state index in [2.05, 4.69) is 0 Å². The number of rotatable bonds is 3. The smallest absolute Gasteiger partial charge is 0.198 e. The Morgan fingerprint density at radius 1 is 1.06 bits per heavy atom. The molecular weight excluding hydrogens is 440 g/mol. The first-order valence-electron chi connectivity index (χ1n) is 11.4. The number of ketones is 3. The summed E-state index contributed by atoms with van der Waals surface area (Å²) in [6.07, 6.45) is -0.986. The molecule has 0 radical (unpaired) electrons. The molecule has 1 saturated heterocycles. The summed E-state index contributed by atoms with van der Waals surface area (Å²) in [6.45, 7) is 3.30. The molecule has 34 heavy (non-hydrogen) atoms. The molecular formula is C26H26O8. The van der Waals surface area contributed by atoms with E-state index in [1.165, 1.54) is 19.1 Å². The summed E-state index contributed by atoms with van der Waals surface area (Å²) in [5.41, 5.74) is -0.693. The van der Waals surface area contributed by atoms with Gasteiger partial charge in [-0.15, -0.1) is 0 Å². The van der Waals surface area contributed by atoms with Gasteiger partial charge in [0.25, 0.3) is 0 Å². The standard InChI is InChI=1S/C26H26O8/c1-12(27)26(2)9-16-19(17(10-26)34-18-8-7-13(28)11-33-18)25(32)21-20(24(16)31)22(29)14-5-3-4-6-15(14)23(21)30/h3-6,13,17-18,28,31-32H,7-11H2,1-2H3/t13-,17-,18?,26?/m0/s1. The predicted octanol–water partition coefficient (Wildman–Crippen LogP) is 2.97. The van der Waals surface area contributed by atoms with Gasteiger partial charge in [-0.25, -0.2) is 0 Å². The first-order valence-corrected chi connectivity index (χ1v) is 11.4. The molecule has 3 N–H and O–H groups in total. The van der Waals surface area contributed by atoms with E-state index in [9.17, 15) is 29.7 Å². The Hall–Kier alpha value is -3.07. The minimum atomic E-state index is -0.927. The highest BCUT2D eigenvalue weighted by molar-refractivity contribution is 6.30. The minimum absolute atomic E-state index is 0.0809. The second-order valence-electron chi connectivity index (χ2n) is 9.66. The number of ether oxygens (including phenoxy) is 2. The van der Waals surface area contributed by atoms with Crippen molar-refractivity contribution in [3.8, 4) is 11.5 Å². The van der Waals surface area contributed by atoms with Gasteiger partial charge in [0.2, 0.25) is 0 Å². The van der Waals surface area contributed by atoms with Gasteiger partial charge in [0.15, 0.2) is 17.9 Å². The van der Waals surface area contributed by atoms with Crippen LogP contribution in [0.25, 0.3) is 0 Å². The summed E-state index contributed by atoms with van der Waals surface area (Å²) in [5.74, 6) is -2.07. The molecule has 2 unspecified atom stereocenters. The highest BCUT2D eigenvalue weighted by Crippen LogP contribution is 2.53. The second kappa shape index (κ2) is 8.01. The van der Waals surface area contributed by atoms with Gasteiger partial charge < -0.3 is 24.8 Å². The molecule has 3 aliphatic rings. The second-order valence-corrected chi connectivity index (χ2v) is 9.66. The van der Waals surface area contributed by atoms with E-state index in [0.717, 1.165) is 0 Å². The van der Waals surface area contributed by atoms with Crippen molar-refractivity contribution in [3.63, 3.8) is 0 Å². The van der Waals surface area contributed by atoms with Crippen LogP contribution in [0, 0.1) is 5.41 Å². The van der Waals surface area contributed by atoms with Crippen molar-refractivity contribution in [2.75, 3.05) is 6.61 Å². The van der Waals surface area contributed by atoms with Gasteiger partial charge in [-0.2, -0.15) is 0 Å². The van der Waals surface area contributed by atoms with Crippen molar-refractivity contribution in [2.45, 2.75) is 58.0 Å². The Bertz CT molecular complexity index is 1220. The average molecular weight is 466 g/mol. The van der Waals surface area contributed by atoms with Crippen molar-refractivity contribution < 1.29 is 39.2 Å². The number of benzene rings is 2. The van der Waals surface area contributed by atoms with Crippen LogP contribution in [-0.2, 0) is 20.7 Å². The number of fused-ring (bicyclic) bond motifs is 3. The van der Waals surface area contributed by atoms with Crippen LogP contribution in [0.4, 0.5) is 0 Å². The Morgan fingerprint density at radius 2 is 1.68 bits per heavy atom. The van der Waals surface area contributed by atoms with Crippen LogP contribution in [0.5, 0.6) is 11.5 Å². The largest absolute Gasteiger partial charge is 0.507 e. The SMILES string of the molecule is CC(=O)C1(C)Cc2c(O)c3c(c(O)c2[C@@H](OC2CC[C@H](O)CO2)C1)C(=O)c1ccccc1C3=O. The molecule has 0 bridgehead atoms. The number of phenols is 2. The lowest BCUT2D eigenvalue weighted by Crippen LogP contribution is -2.39. The van der Waals surface area contributed by atoms with E-state index in [1.807, 2.05) is 0 Å². The van der Waals surface area contributed by atoms with E-state index in [4.69, 9.17) is 9.47 Å². The predicted molar refractivity (Wildman–Crippen MR) is 119 cm³/mol. The molecule has 178 valence electrons. The topological polar surface area (TPSA) is 130 Å². The van der Waals surface area contributed by atoms with Crippen LogP contribution in [0.1, 0.15) is 82.2 Å². The fourth-order valence-corrected chi connectivity index (χ4v) is 5.27. The molecule has 5 rings (SSSR count). The molecule has 1 fully saturated rings. The summed E-state index contributed by atoms with van der Waals surface area (Å²) in [6, 6.07) is 6.27. The molecule has 1 aliphatic heterocycles. The van der Waals surface area contributed by atoms with Crippen molar-refractivity contribution in [1.29, 1.82) is 0 Å². The van der Waals surface area contributed by atoms with Crippen molar-refractivity contribution >= 4 is 17.3 Å². The van der Waals surface area contributed by atoms with Gasteiger partial charge in [0.05, 0.1) is 29.9 Å². The van der Waals surface area contributed by atoms with E-state index in [-0.39, 0.29) is 58.6 Å². The maximum absolute atomic E-state index is 13.3. The molecule has 0 spiro atoms. The number of aliphatic hydroxyl groups excluding tert-OH is 1. The van der Waals surface area contributed by atoms with Gasteiger partial charge in [-0.05, 0) is 26.2 Å². The van der Waals surface area contributed by atoms with Gasteiger partial charge >= 0.3 is 0 Å². The number of carbonyl (C=O) groups is 3. The number of Topliss-reactive ketones (excluding diaryl/α,β-unsaturated/α-hetero) is 1. The molecule has 1 heterocycles. The molecule has 8 heteroatoms. The fourth-order valence-electron chi connectivity index (χ4n) is 5.27. The zero-order valence-corrected chi connectivity index (χ0v) is 19.0. The maximum atomic E-state index is 13.3. The molecule has 2 aromatic rings. The Labute approximate surface area is 196 Å². The number of aromatic hydroxyl groups is 2. The van der Waals surface area contributed by atoms with E-state index >= 15 is 0 Å². The maximum Gasteiger partial charge on any atom is 0.198 e. The van der Waals surface area contributed by atoms with Crippen molar-refractivity contribution in [2.24, 2.45) is 5.41 Å². The Kier molecular flexibility index (Phi) is 5.35. The molecule has 0 saturated carbocycles. The van der Waals surface area contributed by atoms with Gasteiger partial charge in [0.1, 0.15) is 17.3 Å². The van der Waals surface area contributed by atoms with Crippen LogP contribution >= 0.6 is 0 Å². The molecule has 0 aromatic heterocycles. The highest BCUT2D eigenvalue weighted by atomic mass is 16.7. The number of carbonyl (C=O) groups excluding carboxylic acids is 3. The van der Waals surface area contributed by atoms with E-state index < -0.39 is 47.0 Å². The third kappa shape index (κ3) is 3.36. The first-order chi connectivity index (χ1) is 16.1. The van der Waals surface area contributed by atoms with Crippen molar-refractivity contribution in [1.82, 2.24) is 0 Å². The Morgan fingerprint density at radius 3 is 2.24 bits per heavy atom. The number of phenolic OH excluding ortho intramolecular Hbond substituents is 2. The summed E-state index contributed by atoms with van der Waals surface area (Å²) < 4.78 is 11.7. The normalized spacial score (nSPS) is 28.1. The number of hydrogen-bond donors (Lipinski definition) is 3. The number of aliphatic hydroxyl groups is 1. The summed E-state index contributed by atoms with van der Waals surface area (Å²) in [5, 5.41) is 32.3. The zero-order valence-electron chi connectivity index (χ0n) is 19.0. The summed E-state index contributed by atoms with van der Waals surface area (Å²) >= 11 is 0. The third-order valence-corrected chi connectivity index (χ3v) is 7.36.